The molecular weight excluding hydrogens is 220 g/mol. The quantitative estimate of drug-likeness (QED) is 0.344. The Hall–Kier alpha value is -2.56. The average Bonchev–Trinajstić information content (AvgIpc) is 2.30. The number of aromatic nitrogens is 1. The van der Waals surface area contributed by atoms with Gasteiger partial charge >= 0.3 is 5.63 Å². The van der Waals surface area contributed by atoms with Crippen molar-refractivity contribution in [3.05, 3.63) is 51.1 Å². The molecule has 0 bridgehead atoms. The third kappa shape index (κ3) is 1.32. The molecule has 3 rings (SSSR count). The molecule has 0 fully saturated rings. The number of H-pyrrole nitrogens is 1. The van der Waals surface area contributed by atoms with Gasteiger partial charge in [-0.05, 0) is 18.2 Å². The Balaban J connectivity index is 2.75. The van der Waals surface area contributed by atoms with Crippen LogP contribution in [0.25, 0.3) is 21.9 Å². The van der Waals surface area contributed by atoms with Gasteiger partial charge in [0.1, 0.15) is 11.1 Å². The Labute approximate surface area is 94.5 Å². The fourth-order valence-corrected chi connectivity index (χ4v) is 1.89. The van der Waals surface area contributed by atoms with Crippen molar-refractivity contribution in [3.8, 4) is 0 Å². The maximum Gasteiger partial charge on any atom is 0.360 e. The molecule has 3 N–H and O–H groups in total. The maximum atomic E-state index is 11.8. The second-order valence-electron chi connectivity index (χ2n) is 3.74. The van der Waals surface area contributed by atoms with Crippen LogP contribution in [0.5, 0.6) is 0 Å². The van der Waals surface area contributed by atoms with Crippen LogP contribution in [0, 0.1) is 0 Å². The zero-order valence-electron chi connectivity index (χ0n) is 8.69. The standard InChI is InChI=1S/C12H8N2O3/c13-6-1-2-9-7(5-6)10-8(15)3-4-14-11(10)12(16)17-9/h1-5H,13H2,(H,14,15). The van der Waals surface area contributed by atoms with Gasteiger partial charge in [0, 0.05) is 23.3 Å². The van der Waals surface area contributed by atoms with Crippen LogP contribution in [0.2, 0.25) is 0 Å². The highest BCUT2D eigenvalue weighted by Crippen LogP contribution is 2.21. The van der Waals surface area contributed by atoms with Crippen LogP contribution in [-0.2, 0) is 0 Å². The molecule has 5 nitrogen and oxygen atoms in total. The number of hydrogen-bond acceptors (Lipinski definition) is 4. The maximum absolute atomic E-state index is 11.8. The van der Waals surface area contributed by atoms with Gasteiger partial charge in [0.05, 0.1) is 5.39 Å². The minimum Gasteiger partial charge on any atom is -0.421 e. The largest absolute Gasteiger partial charge is 0.421 e. The lowest BCUT2D eigenvalue weighted by atomic mass is 10.1. The smallest absolute Gasteiger partial charge is 0.360 e. The van der Waals surface area contributed by atoms with E-state index in [1.54, 1.807) is 18.2 Å². The van der Waals surface area contributed by atoms with Crippen molar-refractivity contribution >= 4 is 27.6 Å². The molecule has 2 heterocycles. The van der Waals surface area contributed by atoms with E-state index >= 15 is 0 Å². The van der Waals surface area contributed by atoms with Gasteiger partial charge < -0.3 is 15.1 Å². The number of pyridine rings is 1. The normalized spacial score (nSPS) is 11.1. The molecular formula is C12H8N2O3. The van der Waals surface area contributed by atoms with E-state index in [9.17, 15) is 9.59 Å². The Morgan fingerprint density at radius 2 is 2.00 bits per heavy atom. The van der Waals surface area contributed by atoms with Gasteiger partial charge in [0.2, 0.25) is 0 Å². The predicted octanol–water partition coefficient (Wildman–Crippen LogP) is 1.22. The second-order valence-corrected chi connectivity index (χ2v) is 3.74. The van der Waals surface area contributed by atoms with Crippen molar-refractivity contribution in [2.75, 3.05) is 5.73 Å². The first kappa shape index (κ1) is 9.65. The molecule has 3 aromatic rings. The van der Waals surface area contributed by atoms with Gasteiger partial charge in [-0.25, -0.2) is 4.79 Å². The minimum atomic E-state index is -0.560. The lowest BCUT2D eigenvalue weighted by molar-refractivity contribution is 0.568. The van der Waals surface area contributed by atoms with E-state index in [4.69, 9.17) is 10.2 Å². The third-order valence-corrected chi connectivity index (χ3v) is 2.64. The van der Waals surface area contributed by atoms with Crippen molar-refractivity contribution in [1.29, 1.82) is 0 Å². The molecule has 0 aliphatic carbocycles. The first-order chi connectivity index (χ1) is 8.16. The van der Waals surface area contributed by atoms with Crippen molar-refractivity contribution in [3.63, 3.8) is 0 Å². The number of hydrogen-bond donors (Lipinski definition) is 2. The van der Waals surface area contributed by atoms with Crippen molar-refractivity contribution in [1.82, 2.24) is 4.98 Å². The number of benzene rings is 1. The Morgan fingerprint density at radius 3 is 2.82 bits per heavy atom. The summed E-state index contributed by atoms with van der Waals surface area (Å²) in [6, 6.07) is 6.19. The number of aromatic amines is 1. The lowest BCUT2D eigenvalue weighted by Crippen LogP contribution is -2.09. The molecule has 0 spiro atoms. The van der Waals surface area contributed by atoms with Crippen LogP contribution in [0.3, 0.4) is 0 Å². The number of nitrogens with one attached hydrogen (secondary N) is 1. The van der Waals surface area contributed by atoms with E-state index in [-0.39, 0.29) is 10.9 Å². The topological polar surface area (TPSA) is 89.1 Å². The summed E-state index contributed by atoms with van der Waals surface area (Å²) in [4.78, 5) is 26.2. The van der Waals surface area contributed by atoms with Gasteiger partial charge in [0.25, 0.3) is 0 Å². The van der Waals surface area contributed by atoms with E-state index < -0.39 is 5.63 Å². The van der Waals surface area contributed by atoms with Crippen LogP contribution in [0.4, 0.5) is 5.69 Å². The van der Waals surface area contributed by atoms with Crippen LogP contribution in [0.15, 0.2) is 44.5 Å². The Kier molecular flexibility index (Phi) is 1.82. The number of rotatable bonds is 0. The number of nitrogens with two attached hydrogens (primary N) is 1. The zero-order chi connectivity index (χ0) is 12.0. The van der Waals surface area contributed by atoms with Gasteiger partial charge in [-0.3, -0.25) is 4.79 Å². The minimum absolute atomic E-state index is 0.163. The van der Waals surface area contributed by atoms with Crippen LogP contribution >= 0.6 is 0 Å². The molecule has 0 aliphatic heterocycles. The summed E-state index contributed by atoms with van der Waals surface area (Å²) in [5.74, 6) is 0. The SMILES string of the molecule is Nc1ccc2oc(=O)c3[nH]ccc(=O)c3c2c1. The molecule has 0 amide bonds. The lowest BCUT2D eigenvalue weighted by Gasteiger charge is -2.02. The monoisotopic (exact) mass is 228 g/mol. The van der Waals surface area contributed by atoms with Crippen LogP contribution in [0.1, 0.15) is 0 Å². The molecule has 0 saturated heterocycles. The summed E-state index contributed by atoms with van der Waals surface area (Å²) in [6.45, 7) is 0. The number of fused-ring (bicyclic) bond motifs is 3. The van der Waals surface area contributed by atoms with Gasteiger partial charge in [-0.15, -0.1) is 0 Å². The van der Waals surface area contributed by atoms with Gasteiger partial charge in [-0.2, -0.15) is 0 Å². The van der Waals surface area contributed by atoms with Gasteiger partial charge in [0.15, 0.2) is 5.43 Å². The molecule has 0 aliphatic rings. The predicted molar refractivity (Wildman–Crippen MR) is 65.0 cm³/mol. The summed E-state index contributed by atoms with van der Waals surface area (Å²) < 4.78 is 5.10. The molecule has 2 aromatic heterocycles. The fraction of sp³-hybridized carbons (Fsp3) is 0. The second kappa shape index (κ2) is 3.21. The average molecular weight is 228 g/mol. The molecule has 84 valence electrons. The van der Waals surface area contributed by atoms with E-state index in [1.165, 1.54) is 12.3 Å². The Morgan fingerprint density at radius 1 is 1.18 bits per heavy atom. The van der Waals surface area contributed by atoms with E-state index in [0.717, 1.165) is 0 Å². The molecule has 0 unspecified atom stereocenters. The first-order valence-electron chi connectivity index (χ1n) is 5.00. The fourth-order valence-electron chi connectivity index (χ4n) is 1.89. The molecule has 0 radical (unpaired) electrons. The van der Waals surface area contributed by atoms with Crippen molar-refractivity contribution < 1.29 is 4.42 Å². The third-order valence-electron chi connectivity index (χ3n) is 2.64. The highest BCUT2D eigenvalue weighted by Gasteiger charge is 2.10. The number of anilines is 1. The first-order valence-corrected chi connectivity index (χ1v) is 5.00. The highest BCUT2D eigenvalue weighted by atomic mass is 16.4. The summed E-state index contributed by atoms with van der Waals surface area (Å²) in [5, 5.41) is 0.854. The summed E-state index contributed by atoms with van der Waals surface area (Å²) in [5.41, 5.74) is 5.90. The van der Waals surface area contributed by atoms with E-state index in [1.807, 2.05) is 0 Å². The molecule has 1 aromatic carbocycles. The molecule has 17 heavy (non-hydrogen) atoms. The van der Waals surface area contributed by atoms with Crippen LogP contribution in [-0.4, -0.2) is 4.98 Å². The van der Waals surface area contributed by atoms with E-state index in [0.29, 0.717) is 22.0 Å². The summed E-state index contributed by atoms with van der Waals surface area (Å²) >= 11 is 0. The van der Waals surface area contributed by atoms with E-state index in [2.05, 4.69) is 4.98 Å². The highest BCUT2D eigenvalue weighted by molar-refractivity contribution is 6.03. The molecule has 0 atom stereocenters. The molecule has 5 heteroatoms. The summed E-state index contributed by atoms with van der Waals surface area (Å²) in [6.07, 6.45) is 1.42. The van der Waals surface area contributed by atoms with Crippen molar-refractivity contribution in [2.45, 2.75) is 0 Å². The van der Waals surface area contributed by atoms with Crippen molar-refractivity contribution in [2.24, 2.45) is 0 Å². The Bertz CT molecular complexity index is 846. The zero-order valence-corrected chi connectivity index (χ0v) is 8.69. The molecule has 0 saturated carbocycles. The number of nitrogen functional groups attached to an aromatic ring is 1. The summed E-state index contributed by atoms with van der Waals surface area (Å²) in [7, 11) is 0. The van der Waals surface area contributed by atoms with Crippen LogP contribution < -0.4 is 16.8 Å². The van der Waals surface area contributed by atoms with Gasteiger partial charge in [-0.1, -0.05) is 0 Å².